The number of halogens is 1. The number of ether oxygens (including phenoxy) is 2. The van der Waals surface area contributed by atoms with Gasteiger partial charge in [-0.2, -0.15) is 0 Å². The predicted octanol–water partition coefficient (Wildman–Crippen LogP) is 5.11. The maximum Gasteiger partial charge on any atom is 0.175 e. The molecule has 1 N–H and O–H groups in total. The number of thiophene rings is 1. The summed E-state index contributed by atoms with van der Waals surface area (Å²) in [6.45, 7) is 3.06. The highest BCUT2D eigenvalue weighted by Gasteiger charge is 2.15. The Balaban J connectivity index is 1.46. The number of nitrogens with one attached hydrogen (secondary N) is 1. The van der Waals surface area contributed by atoms with Crippen LogP contribution in [0.5, 0.6) is 11.5 Å². The first-order valence-corrected chi connectivity index (χ1v) is 9.72. The normalized spacial score (nSPS) is 13.9. The highest BCUT2D eigenvalue weighted by Crippen LogP contribution is 2.38. The van der Waals surface area contributed by atoms with Crippen molar-refractivity contribution in [2.24, 2.45) is 0 Å². The number of hydrogen-bond donors (Lipinski definition) is 1. The molecule has 4 rings (SSSR count). The molecule has 0 unspecified atom stereocenters. The van der Waals surface area contributed by atoms with Crippen LogP contribution in [0.15, 0.2) is 46.3 Å². The summed E-state index contributed by atoms with van der Waals surface area (Å²) < 4.78 is 13.9. The van der Waals surface area contributed by atoms with Crippen LogP contribution >= 0.6 is 27.3 Å². The van der Waals surface area contributed by atoms with E-state index >= 15 is 0 Å². The van der Waals surface area contributed by atoms with Crippen molar-refractivity contribution in [3.05, 3.63) is 57.4 Å². The van der Waals surface area contributed by atoms with Crippen LogP contribution in [0, 0.1) is 0 Å². The van der Waals surface area contributed by atoms with Gasteiger partial charge in [-0.25, -0.2) is 0 Å². The van der Waals surface area contributed by atoms with Gasteiger partial charge in [0.05, 0.1) is 17.7 Å². The SMILES string of the molecule is Brc1cc(CNCc2csc3ccccc23)cc2c1OCCCO2. The van der Waals surface area contributed by atoms with E-state index in [0.29, 0.717) is 13.2 Å². The van der Waals surface area contributed by atoms with Crippen molar-refractivity contribution in [2.45, 2.75) is 19.5 Å². The predicted molar refractivity (Wildman–Crippen MR) is 102 cm³/mol. The molecule has 124 valence electrons. The monoisotopic (exact) mass is 403 g/mol. The Labute approximate surface area is 153 Å². The van der Waals surface area contributed by atoms with E-state index in [1.165, 1.54) is 21.2 Å². The zero-order valence-electron chi connectivity index (χ0n) is 13.2. The molecule has 0 fully saturated rings. The lowest BCUT2D eigenvalue weighted by molar-refractivity contribution is 0.296. The fraction of sp³-hybridized carbons (Fsp3) is 0.263. The van der Waals surface area contributed by atoms with Gasteiger partial charge >= 0.3 is 0 Å². The molecular weight excluding hydrogens is 386 g/mol. The Bertz CT molecular complexity index is 862. The molecule has 0 spiro atoms. The van der Waals surface area contributed by atoms with Crippen molar-refractivity contribution in [2.75, 3.05) is 13.2 Å². The first-order valence-electron chi connectivity index (χ1n) is 8.05. The lowest BCUT2D eigenvalue weighted by Crippen LogP contribution is -2.12. The molecule has 24 heavy (non-hydrogen) atoms. The minimum atomic E-state index is 0.703. The quantitative estimate of drug-likeness (QED) is 0.655. The maximum absolute atomic E-state index is 5.80. The highest BCUT2D eigenvalue weighted by atomic mass is 79.9. The van der Waals surface area contributed by atoms with Crippen molar-refractivity contribution in [3.8, 4) is 11.5 Å². The Morgan fingerprint density at radius 2 is 1.96 bits per heavy atom. The molecule has 2 heterocycles. The molecule has 0 saturated carbocycles. The molecule has 0 saturated heterocycles. The third-order valence-corrected chi connectivity index (χ3v) is 5.67. The molecule has 3 aromatic rings. The molecule has 1 aliphatic rings. The Morgan fingerprint density at radius 3 is 2.92 bits per heavy atom. The molecule has 0 aliphatic carbocycles. The average Bonchev–Trinajstić information content (AvgIpc) is 2.84. The number of benzene rings is 2. The van der Waals surface area contributed by atoms with Crippen molar-refractivity contribution >= 4 is 37.4 Å². The zero-order chi connectivity index (χ0) is 16.4. The summed E-state index contributed by atoms with van der Waals surface area (Å²) in [5.74, 6) is 1.65. The van der Waals surface area contributed by atoms with E-state index in [4.69, 9.17) is 9.47 Å². The molecular formula is C19H18BrNO2S. The van der Waals surface area contributed by atoms with Gasteiger partial charge in [-0.1, -0.05) is 18.2 Å². The van der Waals surface area contributed by atoms with Crippen LogP contribution in [-0.4, -0.2) is 13.2 Å². The van der Waals surface area contributed by atoms with Crippen molar-refractivity contribution in [1.82, 2.24) is 5.32 Å². The second kappa shape index (κ2) is 7.13. The summed E-state index contributed by atoms with van der Waals surface area (Å²) in [7, 11) is 0. The van der Waals surface area contributed by atoms with Crippen LogP contribution < -0.4 is 14.8 Å². The number of hydrogen-bond acceptors (Lipinski definition) is 4. The minimum absolute atomic E-state index is 0.703. The summed E-state index contributed by atoms with van der Waals surface area (Å²) in [6.07, 6.45) is 0.917. The lowest BCUT2D eigenvalue weighted by Gasteiger charge is -2.12. The van der Waals surface area contributed by atoms with Crippen LogP contribution in [0.1, 0.15) is 17.5 Å². The van der Waals surface area contributed by atoms with Crippen LogP contribution in [0.3, 0.4) is 0 Å². The molecule has 2 aromatic carbocycles. The molecule has 0 atom stereocenters. The average molecular weight is 404 g/mol. The van der Waals surface area contributed by atoms with Gasteiger partial charge in [-0.05, 0) is 56.0 Å². The Kier molecular flexibility index (Phi) is 4.74. The van der Waals surface area contributed by atoms with Gasteiger partial charge < -0.3 is 14.8 Å². The summed E-state index contributed by atoms with van der Waals surface area (Å²) in [5, 5.41) is 7.12. The van der Waals surface area contributed by atoms with E-state index in [9.17, 15) is 0 Å². The van der Waals surface area contributed by atoms with E-state index in [1.807, 2.05) is 0 Å². The molecule has 0 bridgehead atoms. The topological polar surface area (TPSA) is 30.5 Å². The van der Waals surface area contributed by atoms with Crippen LogP contribution in [0.2, 0.25) is 0 Å². The van der Waals surface area contributed by atoms with Crippen LogP contribution in [0.4, 0.5) is 0 Å². The van der Waals surface area contributed by atoms with Gasteiger partial charge in [0.1, 0.15) is 0 Å². The zero-order valence-corrected chi connectivity index (χ0v) is 15.6. The van der Waals surface area contributed by atoms with E-state index in [-0.39, 0.29) is 0 Å². The molecule has 1 aromatic heterocycles. The maximum atomic E-state index is 5.80. The fourth-order valence-corrected chi connectivity index (χ4v) is 4.46. The third-order valence-electron chi connectivity index (χ3n) is 4.07. The first-order chi connectivity index (χ1) is 11.8. The van der Waals surface area contributed by atoms with Gasteiger partial charge in [-0.15, -0.1) is 11.3 Å². The summed E-state index contributed by atoms with van der Waals surface area (Å²) in [5.41, 5.74) is 2.54. The first kappa shape index (κ1) is 15.9. The highest BCUT2D eigenvalue weighted by molar-refractivity contribution is 9.10. The molecule has 0 amide bonds. The van der Waals surface area contributed by atoms with Crippen molar-refractivity contribution < 1.29 is 9.47 Å². The van der Waals surface area contributed by atoms with Gasteiger partial charge in [0, 0.05) is 24.2 Å². The Morgan fingerprint density at radius 1 is 1.08 bits per heavy atom. The lowest BCUT2D eigenvalue weighted by atomic mass is 10.1. The van der Waals surface area contributed by atoms with Crippen molar-refractivity contribution in [3.63, 3.8) is 0 Å². The van der Waals surface area contributed by atoms with E-state index in [0.717, 1.165) is 35.5 Å². The summed E-state index contributed by atoms with van der Waals surface area (Å²) in [4.78, 5) is 0. The summed E-state index contributed by atoms with van der Waals surface area (Å²) in [6, 6.07) is 12.7. The largest absolute Gasteiger partial charge is 0.490 e. The second-order valence-electron chi connectivity index (χ2n) is 5.82. The van der Waals surface area contributed by atoms with E-state index < -0.39 is 0 Å². The van der Waals surface area contributed by atoms with Gasteiger partial charge in [0.25, 0.3) is 0 Å². The van der Waals surface area contributed by atoms with Crippen LogP contribution in [0.25, 0.3) is 10.1 Å². The number of rotatable bonds is 4. The van der Waals surface area contributed by atoms with Crippen LogP contribution in [-0.2, 0) is 13.1 Å². The Hall–Kier alpha value is -1.56. The van der Waals surface area contributed by atoms with E-state index in [2.05, 4.69) is 63.0 Å². The smallest absolute Gasteiger partial charge is 0.175 e. The van der Waals surface area contributed by atoms with Gasteiger partial charge in [-0.3, -0.25) is 0 Å². The van der Waals surface area contributed by atoms with Crippen molar-refractivity contribution in [1.29, 1.82) is 0 Å². The third kappa shape index (κ3) is 3.29. The van der Waals surface area contributed by atoms with E-state index in [1.54, 1.807) is 11.3 Å². The molecule has 3 nitrogen and oxygen atoms in total. The second-order valence-corrected chi connectivity index (χ2v) is 7.58. The molecule has 1 aliphatic heterocycles. The fourth-order valence-electron chi connectivity index (χ4n) is 2.90. The molecule has 0 radical (unpaired) electrons. The standard InChI is InChI=1S/C19H18BrNO2S/c20-16-8-13(9-17-19(16)23-7-3-6-22-17)10-21-11-14-12-24-18-5-2-1-4-15(14)18/h1-2,4-5,8-9,12,21H,3,6-7,10-11H2. The summed E-state index contributed by atoms with van der Waals surface area (Å²) >= 11 is 5.40. The van der Waals surface area contributed by atoms with Gasteiger partial charge in [0.15, 0.2) is 11.5 Å². The minimum Gasteiger partial charge on any atom is -0.490 e. The van der Waals surface area contributed by atoms with Gasteiger partial charge in [0.2, 0.25) is 0 Å². The number of fused-ring (bicyclic) bond motifs is 2. The molecule has 5 heteroatoms.